The van der Waals surface area contributed by atoms with Gasteiger partial charge in [0.2, 0.25) is 17.7 Å². The molecule has 1 atom stereocenters. The van der Waals surface area contributed by atoms with Gasteiger partial charge in [-0.1, -0.05) is 83.5 Å². The number of anilines is 1. The fourth-order valence-corrected chi connectivity index (χ4v) is 6.18. The van der Waals surface area contributed by atoms with Crippen molar-refractivity contribution in [3.05, 3.63) is 65.2 Å². The van der Waals surface area contributed by atoms with Crippen LogP contribution in [0.15, 0.2) is 48.5 Å². The number of fused-ring (bicyclic) bond motifs is 2. The summed E-state index contributed by atoms with van der Waals surface area (Å²) in [5, 5.41) is 3.09. The van der Waals surface area contributed by atoms with Gasteiger partial charge in [-0.05, 0) is 30.2 Å². The third-order valence-corrected chi connectivity index (χ3v) is 8.70. The summed E-state index contributed by atoms with van der Waals surface area (Å²) in [7, 11) is 3.27. The Kier molecular flexibility index (Phi) is 10.9. The molecule has 2 aromatic rings. The molecule has 0 radical (unpaired) electrons. The van der Waals surface area contributed by atoms with Crippen LogP contribution in [0.3, 0.4) is 0 Å². The Morgan fingerprint density at radius 3 is 2.51 bits per heavy atom. The van der Waals surface area contributed by atoms with Gasteiger partial charge < -0.3 is 14.9 Å². The molecule has 0 spiro atoms. The summed E-state index contributed by atoms with van der Waals surface area (Å²) in [4.78, 5) is 38.7. The van der Waals surface area contributed by atoms with Crippen LogP contribution >= 0.6 is 34.4 Å². The quantitative estimate of drug-likeness (QED) is 0.175. The molecule has 3 amide bonds. The van der Waals surface area contributed by atoms with E-state index in [2.05, 4.69) is 34.7 Å². The topological polar surface area (TPSA) is 78.5 Å². The van der Waals surface area contributed by atoms with Crippen LogP contribution in [0.1, 0.15) is 49.3 Å². The number of benzene rings is 2. The first-order valence-electron chi connectivity index (χ1n) is 11.5. The SMILES string of the molecule is CCC(CC(=O)NS)SSCCNC(=O)CCC(=O)N1Cc2ccccc2C#Cc2ccccc21. The monoisotopic (exact) mass is 527 g/mol. The van der Waals surface area contributed by atoms with E-state index in [9.17, 15) is 14.4 Å². The summed E-state index contributed by atoms with van der Waals surface area (Å²) in [5.41, 5.74) is 3.46. The number of hydrogen-bond donors (Lipinski definition) is 3. The number of carbonyl (C=O) groups is 3. The van der Waals surface area contributed by atoms with Gasteiger partial charge in [-0.2, -0.15) is 0 Å². The molecule has 184 valence electrons. The molecule has 0 saturated heterocycles. The van der Waals surface area contributed by atoms with Gasteiger partial charge >= 0.3 is 0 Å². The van der Waals surface area contributed by atoms with Crippen LogP contribution in [-0.4, -0.2) is 35.3 Å². The molecule has 6 nitrogen and oxygen atoms in total. The van der Waals surface area contributed by atoms with Crippen molar-refractivity contribution in [1.82, 2.24) is 10.0 Å². The van der Waals surface area contributed by atoms with Crippen LogP contribution in [0.2, 0.25) is 0 Å². The van der Waals surface area contributed by atoms with E-state index in [1.807, 2.05) is 55.5 Å². The fourth-order valence-electron chi connectivity index (χ4n) is 3.53. The number of nitrogens with one attached hydrogen (secondary N) is 2. The minimum absolute atomic E-state index is 0.0931. The highest BCUT2D eigenvalue weighted by Crippen LogP contribution is 2.30. The van der Waals surface area contributed by atoms with Crippen molar-refractivity contribution in [2.75, 3.05) is 17.2 Å². The maximum atomic E-state index is 13.2. The van der Waals surface area contributed by atoms with Gasteiger partial charge in [-0.15, -0.1) is 0 Å². The van der Waals surface area contributed by atoms with Gasteiger partial charge in [0.05, 0.1) is 12.2 Å². The molecular weight excluding hydrogens is 499 g/mol. The smallest absolute Gasteiger partial charge is 0.230 e. The highest BCUT2D eigenvalue weighted by atomic mass is 33.1. The van der Waals surface area contributed by atoms with Gasteiger partial charge in [0.25, 0.3) is 0 Å². The van der Waals surface area contributed by atoms with Crippen molar-refractivity contribution in [3.8, 4) is 11.8 Å². The van der Waals surface area contributed by atoms with Crippen molar-refractivity contribution in [1.29, 1.82) is 0 Å². The van der Waals surface area contributed by atoms with Crippen LogP contribution in [0, 0.1) is 11.8 Å². The zero-order valence-corrected chi connectivity index (χ0v) is 22.1. The Morgan fingerprint density at radius 1 is 1.03 bits per heavy atom. The summed E-state index contributed by atoms with van der Waals surface area (Å²) in [6, 6.07) is 15.4. The Balaban J connectivity index is 1.49. The van der Waals surface area contributed by atoms with E-state index >= 15 is 0 Å². The average Bonchev–Trinajstić information content (AvgIpc) is 2.87. The maximum absolute atomic E-state index is 13.2. The Bertz CT molecular complexity index is 1110. The van der Waals surface area contributed by atoms with Crippen LogP contribution < -0.4 is 14.9 Å². The Morgan fingerprint density at radius 2 is 1.74 bits per heavy atom. The predicted molar refractivity (Wildman–Crippen MR) is 148 cm³/mol. The second-order valence-corrected chi connectivity index (χ2v) is 11.0. The molecule has 0 saturated carbocycles. The number of para-hydroxylation sites is 1. The number of hydrogen-bond acceptors (Lipinski definition) is 6. The second kappa shape index (κ2) is 14.1. The number of amides is 3. The van der Waals surface area contributed by atoms with Gasteiger partial charge in [-0.3, -0.25) is 14.4 Å². The van der Waals surface area contributed by atoms with Crippen molar-refractivity contribution in [3.63, 3.8) is 0 Å². The standard InChI is InChI=1S/C26H29N3O3S3/c1-2-22(17-25(31)28-33)35-34-16-15-27-24(30)13-14-26(32)29-18-21-9-4-3-7-19(21)11-12-20-8-5-6-10-23(20)29/h3-10,22,33H,2,13-18H2,1H3,(H,27,30)(H,28,31). The van der Waals surface area contributed by atoms with E-state index < -0.39 is 0 Å². The van der Waals surface area contributed by atoms with E-state index in [1.165, 1.54) is 0 Å². The molecule has 1 aliphatic heterocycles. The van der Waals surface area contributed by atoms with Gasteiger partial charge in [0.15, 0.2) is 0 Å². The first-order valence-corrected chi connectivity index (χ1v) is 14.3. The second-order valence-electron chi connectivity index (χ2n) is 7.94. The van der Waals surface area contributed by atoms with E-state index in [0.29, 0.717) is 19.5 Å². The maximum Gasteiger partial charge on any atom is 0.230 e. The van der Waals surface area contributed by atoms with Crippen LogP contribution in [0.4, 0.5) is 5.69 Å². The lowest BCUT2D eigenvalue weighted by molar-refractivity contribution is -0.125. The molecule has 0 bridgehead atoms. The number of rotatable bonds is 11. The van der Waals surface area contributed by atoms with E-state index in [4.69, 9.17) is 0 Å². The first kappa shape index (κ1) is 27.1. The van der Waals surface area contributed by atoms with Crippen molar-refractivity contribution < 1.29 is 14.4 Å². The zero-order valence-electron chi connectivity index (χ0n) is 19.6. The average molecular weight is 528 g/mol. The molecule has 0 aliphatic carbocycles. The highest BCUT2D eigenvalue weighted by Gasteiger charge is 2.21. The van der Waals surface area contributed by atoms with Gasteiger partial charge in [-0.25, -0.2) is 0 Å². The Hall–Kier alpha value is -2.54. The van der Waals surface area contributed by atoms with Crippen molar-refractivity contribution in [2.24, 2.45) is 0 Å². The van der Waals surface area contributed by atoms with Crippen LogP contribution in [0.5, 0.6) is 0 Å². The molecular formula is C26H29N3O3S3. The molecule has 2 aromatic carbocycles. The molecule has 1 heterocycles. The van der Waals surface area contributed by atoms with E-state index in [-0.39, 0.29) is 35.8 Å². The molecule has 1 unspecified atom stereocenters. The minimum atomic E-state index is -0.147. The number of carbonyl (C=O) groups excluding carboxylic acids is 3. The molecule has 0 aromatic heterocycles. The predicted octanol–water partition coefficient (Wildman–Crippen LogP) is 4.34. The molecule has 2 N–H and O–H groups in total. The lowest BCUT2D eigenvalue weighted by atomic mass is 10.0. The molecule has 9 heteroatoms. The summed E-state index contributed by atoms with van der Waals surface area (Å²) < 4.78 is 2.35. The molecule has 3 rings (SSSR count). The number of thiol groups is 1. The minimum Gasteiger partial charge on any atom is -0.355 e. The Labute approximate surface area is 220 Å². The third-order valence-electron chi connectivity index (χ3n) is 5.44. The largest absolute Gasteiger partial charge is 0.355 e. The lowest BCUT2D eigenvalue weighted by Gasteiger charge is -2.26. The first-order chi connectivity index (χ1) is 17.0. The van der Waals surface area contributed by atoms with Crippen molar-refractivity contribution >= 4 is 57.8 Å². The normalized spacial score (nSPS) is 12.7. The molecule has 35 heavy (non-hydrogen) atoms. The van der Waals surface area contributed by atoms with Gasteiger partial charge in [0, 0.05) is 47.9 Å². The van der Waals surface area contributed by atoms with E-state index in [1.54, 1.807) is 26.5 Å². The summed E-state index contributed by atoms with van der Waals surface area (Å²) >= 11 is 3.78. The lowest BCUT2D eigenvalue weighted by Crippen LogP contribution is -2.33. The summed E-state index contributed by atoms with van der Waals surface area (Å²) in [6.45, 7) is 2.97. The van der Waals surface area contributed by atoms with Gasteiger partial charge in [0.1, 0.15) is 0 Å². The highest BCUT2D eigenvalue weighted by molar-refractivity contribution is 8.76. The van der Waals surface area contributed by atoms with Crippen LogP contribution in [-0.2, 0) is 20.9 Å². The van der Waals surface area contributed by atoms with Crippen molar-refractivity contribution in [2.45, 2.75) is 44.4 Å². The number of nitrogens with zero attached hydrogens (tertiary/aromatic N) is 1. The summed E-state index contributed by atoms with van der Waals surface area (Å²) in [5.74, 6) is 6.76. The third kappa shape index (κ3) is 8.27. The molecule has 1 aliphatic rings. The zero-order chi connectivity index (χ0) is 25.0. The van der Waals surface area contributed by atoms with Crippen LogP contribution in [0.25, 0.3) is 0 Å². The fraction of sp³-hybridized carbons (Fsp3) is 0.346. The summed E-state index contributed by atoms with van der Waals surface area (Å²) in [6.07, 6.45) is 1.54. The van der Waals surface area contributed by atoms with E-state index in [0.717, 1.165) is 34.6 Å². The molecule has 0 fully saturated rings.